The van der Waals surface area contributed by atoms with Crippen LogP contribution in [0.1, 0.15) is 30.5 Å². The molecule has 0 unspecified atom stereocenters. The van der Waals surface area contributed by atoms with Gasteiger partial charge in [-0.1, -0.05) is 6.07 Å². The van der Waals surface area contributed by atoms with Gasteiger partial charge >= 0.3 is 5.97 Å². The minimum absolute atomic E-state index is 0.213. The van der Waals surface area contributed by atoms with Gasteiger partial charge in [0.15, 0.2) is 0 Å². The molecule has 11 heteroatoms. The van der Waals surface area contributed by atoms with E-state index in [2.05, 4.69) is 26.9 Å². The van der Waals surface area contributed by atoms with Crippen LogP contribution in [-0.2, 0) is 37.2 Å². The normalized spacial score (nSPS) is 16.6. The number of fused-ring (bicyclic) bond motifs is 1. The Bertz CT molecular complexity index is 1180. The molecule has 2 aliphatic heterocycles. The van der Waals surface area contributed by atoms with Crippen molar-refractivity contribution in [3.05, 3.63) is 53.5 Å². The number of likely N-dealkylation sites (tertiary alicyclic amines) is 1. The number of ether oxygens (including phenoxy) is 1. The van der Waals surface area contributed by atoms with Crippen molar-refractivity contribution in [2.24, 2.45) is 5.92 Å². The second kappa shape index (κ2) is 10.7. The molecule has 0 aliphatic carbocycles. The summed E-state index contributed by atoms with van der Waals surface area (Å²) in [7, 11) is -3.03. The van der Waals surface area contributed by atoms with E-state index in [9.17, 15) is 22.4 Å². The number of hydrogen-bond donors (Lipinski definition) is 2. The van der Waals surface area contributed by atoms with Gasteiger partial charge in [-0.3, -0.25) is 9.59 Å². The summed E-state index contributed by atoms with van der Waals surface area (Å²) in [6.45, 7) is 2.02. The maximum Gasteiger partial charge on any atom is 0.324 e. The number of pyridine rings is 1. The summed E-state index contributed by atoms with van der Waals surface area (Å²) in [6.07, 6.45) is 3.49. The fourth-order valence-corrected chi connectivity index (χ4v) is 5.49. The van der Waals surface area contributed by atoms with Crippen molar-refractivity contribution in [1.82, 2.24) is 14.6 Å². The molecule has 0 bridgehead atoms. The molecule has 9 nitrogen and oxygen atoms in total. The van der Waals surface area contributed by atoms with Crippen molar-refractivity contribution < 1.29 is 27.1 Å². The fraction of sp³-hybridized carbons (Fsp3) is 0.458. The van der Waals surface area contributed by atoms with Crippen molar-refractivity contribution in [2.75, 3.05) is 32.1 Å². The molecular weight excluding hydrogens is 475 g/mol. The molecular formula is C24H29FN4O5S. The molecule has 1 atom stereocenters. The molecule has 1 aromatic heterocycles. The average molecular weight is 505 g/mol. The molecule has 2 N–H and O–H groups in total. The lowest BCUT2D eigenvalue weighted by atomic mass is 9.93. The van der Waals surface area contributed by atoms with Gasteiger partial charge in [0.1, 0.15) is 17.7 Å². The molecule has 1 aromatic carbocycles. The number of esters is 1. The number of methoxy groups -OCH3 is 1. The number of aryl methyl sites for hydroxylation is 2. The number of sulfonamides is 1. The van der Waals surface area contributed by atoms with E-state index in [0.29, 0.717) is 19.0 Å². The van der Waals surface area contributed by atoms with Gasteiger partial charge in [-0.05, 0) is 67.5 Å². The van der Waals surface area contributed by atoms with Crippen LogP contribution in [-0.4, -0.2) is 63.0 Å². The van der Waals surface area contributed by atoms with E-state index in [4.69, 9.17) is 4.98 Å². The van der Waals surface area contributed by atoms with Crippen molar-refractivity contribution in [3.8, 4) is 0 Å². The van der Waals surface area contributed by atoms with Crippen molar-refractivity contribution in [1.29, 1.82) is 0 Å². The first kappa shape index (κ1) is 25.1. The molecule has 35 heavy (non-hydrogen) atoms. The Hall–Kier alpha value is -3.05. The number of hydrogen-bond acceptors (Lipinski definition) is 7. The first-order valence-electron chi connectivity index (χ1n) is 11.6. The largest absolute Gasteiger partial charge is 0.468 e. The van der Waals surface area contributed by atoms with Gasteiger partial charge in [0.25, 0.3) is 0 Å². The lowest BCUT2D eigenvalue weighted by Gasteiger charge is -2.40. The van der Waals surface area contributed by atoms with E-state index >= 15 is 0 Å². The van der Waals surface area contributed by atoms with Gasteiger partial charge in [0.2, 0.25) is 15.9 Å². The second-order valence-corrected chi connectivity index (χ2v) is 10.6. The summed E-state index contributed by atoms with van der Waals surface area (Å²) in [4.78, 5) is 31.0. The predicted molar refractivity (Wildman–Crippen MR) is 127 cm³/mol. The maximum atomic E-state index is 13.1. The van der Waals surface area contributed by atoms with Crippen LogP contribution in [0.4, 0.5) is 10.2 Å². The highest BCUT2D eigenvalue weighted by Crippen LogP contribution is 2.24. The van der Waals surface area contributed by atoms with Crippen LogP contribution in [0.2, 0.25) is 0 Å². The molecule has 3 heterocycles. The Morgan fingerprint density at radius 3 is 2.69 bits per heavy atom. The summed E-state index contributed by atoms with van der Waals surface area (Å²) < 4.78 is 45.2. The Morgan fingerprint density at radius 1 is 1.23 bits per heavy atom. The number of amides is 1. The SMILES string of the molecule is COC(=O)[C@H](CC(=O)N1CC(CCc2ccc3c(n2)NCCC3)C1)NS(=O)(=O)c1ccc(F)cc1. The van der Waals surface area contributed by atoms with Gasteiger partial charge < -0.3 is 15.0 Å². The van der Waals surface area contributed by atoms with E-state index in [1.54, 1.807) is 4.90 Å². The van der Waals surface area contributed by atoms with Crippen LogP contribution in [0.25, 0.3) is 0 Å². The number of carbonyl (C=O) groups is 2. The highest BCUT2D eigenvalue weighted by Gasteiger charge is 2.35. The molecule has 0 saturated carbocycles. The maximum absolute atomic E-state index is 13.1. The molecule has 4 rings (SSSR count). The van der Waals surface area contributed by atoms with Crippen LogP contribution in [0.5, 0.6) is 0 Å². The minimum atomic E-state index is -4.15. The van der Waals surface area contributed by atoms with E-state index < -0.39 is 27.9 Å². The van der Waals surface area contributed by atoms with Gasteiger partial charge in [-0.15, -0.1) is 0 Å². The summed E-state index contributed by atoms with van der Waals surface area (Å²) in [5, 5.41) is 3.33. The van der Waals surface area contributed by atoms with E-state index in [1.807, 2.05) is 0 Å². The van der Waals surface area contributed by atoms with Crippen LogP contribution in [0.3, 0.4) is 0 Å². The van der Waals surface area contributed by atoms with Gasteiger partial charge in [0, 0.05) is 25.3 Å². The van der Waals surface area contributed by atoms with Crippen molar-refractivity contribution >= 4 is 27.7 Å². The van der Waals surface area contributed by atoms with Gasteiger partial charge in [0.05, 0.1) is 18.4 Å². The first-order valence-corrected chi connectivity index (χ1v) is 13.1. The molecule has 0 radical (unpaired) electrons. The molecule has 188 valence electrons. The number of benzene rings is 1. The predicted octanol–water partition coefficient (Wildman–Crippen LogP) is 1.88. The summed E-state index contributed by atoms with van der Waals surface area (Å²) in [6, 6.07) is 6.98. The fourth-order valence-electron chi connectivity index (χ4n) is 4.30. The van der Waals surface area contributed by atoms with Crippen LogP contribution in [0.15, 0.2) is 41.3 Å². The Labute approximate surface area is 204 Å². The third-order valence-corrected chi connectivity index (χ3v) is 7.84. The van der Waals surface area contributed by atoms with Crippen LogP contribution < -0.4 is 10.0 Å². The molecule has 1 amide bonds. The third kappa shape index (κ3) is 6.15. The highest BCUT2D eigenvalue weighted by molar-refractivity contribution is 7.89. The van der Waals surface area contributed by atoms with Crippen LogP contribution >= 0.6 is 0 Å². The van der Waals surface area contributed by atoms with Crippen molar-refractivity contribution in [3.63, 3.8) is 0 Å². The molecule has 2 aromatic rings. The molecule has 1 saturated heterocycles. The quantitative estimate of drug-likeness (QED) is 0.501. The lowest BCUT2D eigenvalue weighted by molar-refractivity contribution is -0.147. The topological polar surface area (TPSA) is 118 Å². The Morgan fingerprint density at radius 2 is 1.97 bits per heavy atom. The molecule has 1 fully saturated rings. The zero-order chi connectivity index (χ0) is 25.0. The standard InChI is InChI=1S/C24H29FN4O5S/c1-34-24(31)21(28-35(32,33)20-10-6-18(25)7-11-20)13-22(30)29-14-16(15-29)4-8-19-9-5-17-3-2-12-26-23(17)27-19/h5-7,9-11,16,21,28H,2-4,8,12-15H2,1H3,(H,26,27)/t21-/m0/s1. The Balaban J connectivity index is 1.28. The van der Waals surface area contributed by atoms with Crippen molar-refractivity contribution in [2.45, 2.75) is 43.0 Å². The molecule has 0 spiro atoms. The lowest BCUT2D eigenvalue weighted by Crippen LogP contribution is -2.53. The van der Waals surface area contributed by atoms with E-state index in [0.717, 1.165) is 75.1 Å². The van der Waals surface area contributed by atoms with E-state index in [-0.39, 0.29) is 17.2 Å². The summed E-state index contributed by atoms with van der Waals surface area (Å²) in [5.41, 5.74) is 2.26. The zero-order valence-electron chi connectivity index (χ0n) is 19.5. The smallest absolute Gasteiger partial charge is 0.324 e. The number of aromatic nitrogens is 1. The second-order valence-electron chi connectivity index (χ2n) is 8.90. The summed E-state index contributed by atoms with van der Waals surface area (Å²) >= 11 is 0. The number of halogens is 1. The number of carbonyl (C=O) groups excluding carboxylic acids is 2. The highest BCUT2D eigenvalue weighted by atomic mass is 32.2. The third-order valence-electron chi connectivity index (χ3n) is 6.36. The average Bonchev–Trinajstić information content (AvgIpc) is 2.82. The van der Waals surface area contributed by atoms with E-state index in [1.165, 1.54) is 5.56 Å². The number of nitrogens with one attached hydrogen (secondary N) is 2. The molecule has 2 aliphatic rings. The van der Waals surface area contributed by atoms with Gasteiger partial charge in [-0.2, -0.15) is 4.72 Å². The van der Waals surface area contributed by atoms with Gasteiger partial charge in [-0.25, -0.2) is 17.8 Å². The first-order chi connectivity index (χ1) is 16.7. The monoisotopic (exact) mass is 504 g/mol. The number of rotatable bonds is 9. The number of nitrogens with zero attached hydrogens (tertiary/aromatic N) is 2. The number of anilines is 1. The minimum Gasteiger partial charge on any atom is -0.468 e. The Kier molecular flexibility index (Phi) is 7.66. The van der Waals surface area contributed by atoms with Crippen LogP contribution in [0, 0.1) is 11.7 Å². The zero-order valence-corrected chi connectivity index (χ0v) is 20.3. The summed E-state index contributed by atoms with van der Waals surface area (Å²) in [5.74, 6) is -0.508.